The number of hydrogen-bond acceptors (Lipinski definition) is 3. The molecular weight excluding hydrogens is 465 g/mol. The van der Waals surface area contributed by atoms with Gasteiger partial charge in [0.15, 0.2) is 5.96 Å². The Morgan fingerprint density at radius 3 is 2.81 bits per heavy atom. The van der Waals surface area contributed by atoms with Gasteiger partial charge in [-0.2, -0.15) is 0 Å². The van der Waals surface area contributed by atoms with E-state index in [9.17, 15) is 8.78 Å². The zero-order valence-corrected chi connectivity index (χ0v) is 18.5. The fourth-order valence-corrected chi connectivity index (χ4v) is 3.07. The van der Waals surface area contributed by atoms with Gasteiger partial charge in [-0.15, -0.1) is 24.0 Å². The van der Waals surface area contributed by atoms with Crippen LogP contribution in [0.25, 0.3) is 0 Å². The van der Waals surface area contributed by atoms with E-state index in [1.54, 1.807) is 7.11 Å². The highest BCUT2D eigenvalue weighted by Crippen LogP contribution is 2.24. The number of guanidine groups is 1. The lowest BCUT2D eigenvalue weighted by molar-refractivity contribution is 0.192. The Bertz CT molecular complexity index is 589. The number of nitrogens with zero attached hydrogens (tertiary/aromatic N) is 2. The quantitative estimate of drug-likeness (QED) is 0.238. The predicted molar refractivity (Wildman–Crippen MR) is 117 cm³/mol. The second kappa shape index (κ2) is 13.1. The average molecular weight is 496 g/mol. The van der Waals surface area contributed by atoms with Crippen LogP contribution in [0.3, 0.4) is 0 Å². The number of ether oxygens (including phenoxy) is 1. The van der Waals surface area contributed by atoms with Gasteiger partial charge in [-0.1, -0.05) is 0 Å². The molecule has 0 radical (unpaired) electrons. The Hall–Kier alpha value is -1.16. The van der Waals surface area contributed by atoms with E-state index < -0.39 is 11.6 Å². The minimum atomic E-state index is -0.549. The van der Waals surface area contributed by atoms with Crippen LogP contribution in [-0.2, 0) is 4.74 Å². The lowest BCUT2D eigenvalue weighted by Gasteiger charge is -2.21. The van der Waals surface area contributed by atoms with Crippen molar-refractivity contribution in [2.45, 2.75) is 38.6 Å². The van der Waals surface area contributed by atoms with Crippen LogP contribution in [0, 0.1) is 11.6 Å². The van der Waals surface area contributed by atoms with Gasteiger partial charge < -0.3 is 20.3 Å². The van der Waals surface area contributed by atoms with Gasteiger partial charge in [0.2, 0.25) is 0 Å². The summed E-state index contributed by atoms with van der Waals surface area (Å²) >= 11 is 0. The molecule has 0 saturated carbocycles. The van der Waals surface area contributed by atoms with Crippen molar-refractivity contribution in [1.29, 1.82) is 0 Å². The first-order valence-electron chi connectivity index (χ1n) is 9.37. The summed E-state index contributed by atoms with van der Waals surface area (Å²) in [6.07, 6.45) is 4.06. The molecule has 1 heterocycles. The Balaban J connectivity index is 0.00000364. The molecule has 1 aliphatic heterocycles. The number of methoxy groups -OCH3 is 1. The van der Waals surface area contributed by atoms with Crippen LogP contribution >= 0.6 is 24.0 Å². The topological polar surface area (TPSA) is 48.9 Å². The van der Waals surface area contributed by atoms with E-state index in [0.717, 1.165) is 64.0 Å². The molecule has 0 spiro atoms. The summed E-state index contributed by atoms with van der Waals surface area (Å²) in [5.41, 5.74) is 0.454. The smallest absolute Gasteiger partial charge is 0.191 e. The maximum atomic E-state index is 14.0. The van der Waals surface area contributed by atoms with E-state index in [4.69, 9.17) is 4.74 Å². The summed E-state index contributed by atoms with van der Waals surface area (Å²) in [5, 5.41) is 6.68. The molecule has 154 valence electrons. The van der Waals surface area contributed by atoms with Gasteiger partial charge >= 0.3 is 0 Å². The normalized spacial score (nSPS) is 17.0. The fraction of sp³-hybridized carbons (Fsp3) is 0.632. The van der Waals surface area contributed by atoms with Crippen molar-refractivity contribution in [2.24, 2.45) is 4.99 Å². The summed E-state index contributed by atoms with van der Waals surface area (Å²) in [6.45, 7) is 5.78. The molecule has 2 rings (SSSR count). The van der Waals surface area contributed by atoms with Crippen LogP contribution in [0.5, 0.6) is 0 Å². The number of nitrogens with one attached hydrogen (secondary N) is 2. The standard InChI is InChI=1S/C19H30F2N4O.HI/c1-3-22-19(23-10-5-4-6-12-26-2)24-16-9-11-25(14-16)18-8-7-15(20)13-17(18)21;/h7-8,13,16H,3-6,9-12,14H2,1-2H3,(H2,22,23,24);1H. The van der Waals surface area contributed by atoms with E-state index in [1.807, 2.05) is 11.8 Å². The number of rotatable bonds is 9. The van der Waals surface area contributed by atoms with Crippen molar-refractivity contribution in [3.05, 3.63) is 29.8 Å². The minimum Gasteiger partial charge on any atom is -0.385 e. The first-order chi connectivity index (χ1) is 12.6. The molecule has 0 bridgehead atoms. The largest absolute Gasteiger partial charge is 0.385 e. The highest BCUT2D eigenvalue weighted by atomic mass is 127. The van der Waals surface area contributed by atoms with Crippen molar-refractivity contribution in [3.63, 3.8) is 0 Å². The number of halogens is 3. The maximum absolute atomic E-state index is 14.0. The molecule has 0 aromatic heterocycles. The number of hydrogen-bond donors (Lipinski definition) is 2. The van der Waals surface area contributed by atoms with Gasteiger partial charge in [-0.3, -0.25) is 4.99 Å². The Labute approximate surface area is 178 Å². The molecule has 0 aliphatic carbocycles. The molecule has 1 aromatic carbocycles. The van der Waals surface area contributed by atoms with Crippen molar-refractivity contribution in [1.82, 2.24) is 10.6 Å². The fourth-order valence-electron chi connectivity index (χ4n) is 3.07. The van der Waals surface area contributed by atoms with Gasteiger partial charge in [-0.25, -0.2) is 8.78 Å². The SMILES string of the molecule is CCNC(=NCCCCCOC)NC1CCN(c2ccc(F)cc2F)C1.I. The van der Waals surface area contributed by atoms with E-state index in [2.05, 4.69) is 15.6 Å². The molecule has 1 unspecified atom stereocenters. The van der Waals surface area contributed by atoms with Gasteiger partial charge in [0.05, 0.1) is 5.69 Å². The predicted octanol–water partition coefficient (Wildman–Crippen LogP) is 3.53. The molecule has 8 heteroatoms. The number of unbranched alkanes of at least 4 members (excludes halogenated alkanes) is 2. The van der Waals surface area contributed by atoms with Gasteiger partial charge in [0, 0.05) is 52.0 Å². The van der Waals surface area contributed by atoms with Crippen LogP contribution in [0.1, 0.15) is 32.6 Å². The minimum absolute atomic E-state index is 0. The molecular formula is C19H31F2IN4O. The summed E-state index contributed by atoms with van der Waals surface area (Å²) in [5.74, 6) is -0.264. The third kappa shape index (κ3) is 8.16. The average Bonchev–Trinajstić information content (AvgIpc) is 3.06. The molecule has 1 atom stereocenters. The molecule has 1 fully saturated rings. The lowest BCUT2D eigenvalue weighted by atomic mass is 10.2. The van der Waals surface area contributed by atoms with E-state index in [-0.39, 0.29) is 30.0 Å². The van der Waals surface area contributed by atoms with Crippen molar-refractivity contribution in [3.8, 4) is 0 Å². The number of aliphatic imine (C=N–C) groups is 1. The lowest BCUT2D eigenvalue weighted by Crippen LogP contribution is -2.44. The number of anilines is 1. The third-order valence-corrected chi connectivity index (χ3v) is 4.40. The second-order valence-corrected chi connectivity index (χ2v) is 6.49. The summed E-state index contributed by atoms with van der Waals surface area (Å²) in [4.78, 5) is 6.56. The van der Waals surface area contributed by atoms with Gasteiger partial charge in [0.25, 0.3) is 0 Å². The molecule has 2 N–H and O–H groups in total. The van der Waals surface area contributed by atoms with Gasteiger partial charge in [-0.05, 0) is 44.7 Å². The van der Waals surface area contributed by atoms with Crippen LogP contribution in [0.4, 0.5) is 14.5 Å². The van der Waals surface area contributed by atoms with Crippen molar-refractivity contribution in [2.75, 3.05) is 44.8 Å². The molecule has 1 aliphatic rings. The molecule has 1 aromatic rings. The van der Waals surface area contributed by atoms with Crippen LogP contribution in [0.2, 0.25) is 0 Å². The van der Waals surface area contributed by atoms with Crippen molar-refractivity contribution >= 4 is 35.6 Å². The Morgan fingerprint density at radius 2 is 2.11 bits per heavy atom. The second-order valence-electron chi connectivity index (χ2n) is 6.49. The third-order valence-electron chi connectivity index (χ3n) is 4.40. The number of benzene rings is 1. The van der Waals surface area contributed by atoms with Crippen LogP contribution in [0.15, 0.2) is 23.2 Å². The van der Waals surface area contributed by atoms with E-state index >= 15 is 0 Å². The van der Waals surface area contributed by atoms with Gasteiger partial charge in [0.1, 0.15) is 11.6 Å². The summed E-state index contributed by atoms with van der Waals surface area (Å²) in [7, 11) is 1.72. The highest BCUT2D eigenvalue weighted by Gasteiger charge is 2.25. The molecule has 27 heavy (non-hydrogen) atoms. The molecule has 1 saturated heterocycles. The summed E-state index contributed by atoms with van der Waals surface area (Å²) in [6, 6.07) is 3.93. The first kappa shape index (κ1) is 23.9. The highest BCUT2D eigenvalue weighted by molar-refractivity contribution is 14.0. The molecule has 0 amide bonds. The zero-order valence-electron chi connectivity index (χ0n) is 16.1. The monoisotopic (exact) mass is 496 g/mol. The molecule has 5 nitrogen and oxygen atoms in total. The van der Waals surface area contributed by atoms with E-state index in [0.29, 0.717) is 12.2 Å². The Morgan fingerprint density at radius 1 is 1.30 bits per heavy atom. The van der Waals surface area contributed by atoms with Crippen LogP contribution < -0.4 is 15.5 Å². The van der Waals surface area contributed by atoms with Crippen molar-refractivity contribution < 1.29 is 13.5 Å². The van der Waals surface area contributed by atoms with E-state index in [1.165, 1.54) is 12.1 Å². The zero-order chi connectivity index (χ0) is 18.8. The first-order valence-corrected chi connectivity index (χ1v) is 9.37. The maximum Gasteiger partial charge on any atom is 0.191 e. The Kier molecular flexibility index (Phi) is 11.6. The summed E-state index contributed by atoms with van der Waals surface area (Å²) < 4.78 is 32.1. The van der Waals surface area contributed by atoms with Crippen LogP contribution in [-0.4, -0.2) is 51.9 Å².